The van der Waals surface area contributed by atoms with Gasteiger partial charge in [-0.15, -0.1) is 0 Å². The van der Waals surface area contributed by atoms with E-state index in [4.69, 9.17) is 0 Å². The molecule has 5 nitrogen and oxygen atoms in total. The average Bonchev–Trinajstić information content (AvgIpc) is 2.28. The van der Waals surface area contributed by atoms with Crippen LogP contribution in [0.4, 0.5) is 0 Å². The van der Waals surface area contributed by atoms with E-state index in [0.717, 1.165) is 12.8 Å². The number of aromatic hydroxyl groups is 1. The molecule has 1 aliphatic rings. The van der Waals surface area contributed by atoms with Crippen molar-refractivity contribution in [2.45, 2.75) is 18.9 Å². The molecule has 2 heterocycles. The van der Waals surface area contributed by atoms with Crippen molar-refractivity contribution in [3.8, 4) is 5.75 Å². The van der Waals surface area contributed by atoms with Crippen molar-refractivity contribution in [2.24, 2.45) is 0 Å². The monoisotopic (exact) mass is 222 g/mol. The summed E-state index contributed by atoms with van der Waals surface area (Å²) in [5, 5.41) is 18.7. The lowest BCUT2D eigenvalue weighted by atomic mass is 10.1. The summed E-state index contributed by atoms with van der Waals surface area (Å²) in [7, 11) is 0. The predicted octanol–water partition coefficient (Wildman–Crippen LogP) is 0.384. The standard InChI is InChI=1S/C11H14N2O3/c14-9-2-1-3-13(7-9)11(16)8-4-10(15)6-12-5-8/h4-6,9,14-15H,1-3,7H2. The Bertz CT molecular complexity index is 395. The highest BCUT2D eigenvalue weighted by Crippen LogP contribution is 2.15. The molecule has 0 saturated carbocycles. The second-order valence-electron chi connectivity index (χ2n) is 3.98. The first kappa shape index (κ1) is 10.9. The molecule has 0 radical (unpaired) electrons. The molecule has 1 saturated heterocycles. The summed E-state index contributed by atoms with van der Waals surface area (Å²) in [6.45, 7) is 1.00. The minimum atomic E-state index is -0.442. The van der Waals surface area contributed by atoms with Crippen molar-refractivity contribution in [2.75, 3.05) is 13.1 Å². The highest BCUT2D eigenvalue weighted by Gasteiger charge is 2.23. The summed E-state index contributed by atoms with van der Waals surface area (Å²) in [5.41, 5.74) is 0.356. The van der Waals surface area contributed by atoms with Crippen LogP contribution < -0.4 is 0 Å². The molecule has 2 N–H and O–H groups in total. The van der Waals surface area contributed by atoms with Gasteiger partial charge in [0.05, 0.1) is 17.9 Å². The molecule has 1 unspecified atom stereocenters. The molecule has 0 aliphatic carbocycles. The van der Waals surface area contributed by atoms with Crippen molar-refractivity contribution in [1.82, 2.24) is 9.88 Å². The van der Waals surface area contributed by atoms with E-state index in [9.17, 15) is 15.0 Å². The number of hydrogen-bond acceptors (Lipinski definition) is 4. The number of amides is 1. The smallest absolute Gasteiger partial charge is 0.255 e. The Balaban J connectivity index is 2.12. The topological polar surface area (TPSA) is 73.7 Å². The van der Waals surface area contributed by atoms with Gasteiger partial charge in [0.1, 0.15) is 5.75 Å². The number of nitrogens with zero attached hydrogens (tertiary/aromatic N) is 2. The van der Waals surface area contributed by atoms with Crippen LogP contribution in [0.5, 0.6) is 5.75 Å². The lowest BCUT2D eigenvalue weighted by molar-refractivity contribution is 0.0473. The van der Waals surface area contributed by atoms with Crippen LogP contribution in [0.1, 0.15) is 23.2 Å². The number of carbonyl (C=O) groups excluding carboxylic acids is 1. The molecule has 0 aromatic carbocycles. The first-order valence-electron chi connectivity index (χ1n) is 5.28. The molecule has 1 fully saturated rings. The Morgan fingerprint density at radius 1 is 1.50 bits per heavy atom. The Morgan fingerprint density at radius 3 is 3.00 bits per heavy atom. The highest BCUT2D eigenvalue weighted by molar-refractivity contribution is 5.94. The van der Waals surface area contributed by atoms with Gasteiger partial charge in [-0.05, 0) is 18.9 Å². The minimum Gasteiger partial charge on any atom is -0.506 e. The van der Waals surface area contributed by atoms with E-state index in [0.29, 0.717) is 18.7 Å². The molecule has 1 aromatic rings. The zero-order valence-corrected chi connectivity index (χ0v) is 8.83. The molecule has 1 aromatic heterocycles. The van der Waals surface area contributed by atoms with E-state index in [1.807, 2.05) is 0 Å². The number of hydrogen-bond donors (Lipinski definition) is 2. The molecular weight excluding hydrogens is 208 g/mol. The summed E-state index contributed by atoms with van der Waals surface area (Å²) in [6.07, 6.45) is 3.80. The number of carbonyl (C=O) groups is 1. The Hall–Kier alpha value is -1.62. The maximum absolute atomic E-state index is 12.0. The zero-order chi connectivity index (χ0) is 11.5. The molecule has 0 spiro atoms. The summed E-state index contributed by atoms with van der Waals surface area (Å²) >= 11 is 0. The molecule has 1 amide bonds. The minimum absolute atomic E-state index is 0.0246. The number of pyridine rings is 1. The summed E-state index contributed by atoms with van der Waals surface area (Å²) < 4.78 is 0. The first-order chi connectivity index (χ1) is 7.66. The normalized spacial score (nSPS) is 20.8. The third kappa shape index (κ3) is 2.30. The van der Waals surface area contributed by atoms with Gasteiger partial charge in [-0.1, -0.05) is 0 Å². The summed E-state index contributed by atoms with van der Waals surface area (Å²) in [4.78, 5) is 17.3. The van der Waals surface area contributed by atoms with Crippen molar-refractivity contribution in [3.05, 3.63) is 24.0 Å². The predicted molar refractivity (Wildman–Crippen MR) is 57.0 cm³/mol. The quantitative estimate of drug-likeness (QED) is 0.720. The number of piperidine rings is 1. The van der Waals surface area contributed by atoms with Crippen LogP contribution in [0.2, 0.25) is 0 Å². The first-order valence-corrected chi connectivity index (χ1v) is 5.28. The van der Waals surface area contributed by atoms with E-state index in [1.165, 1.54) is 18.5 Å². The lowest BCUT2D eigenvalue weighted by Crippen LogP contribution is -2.42. The Morgan fingerprint density at radius 2 is 2.31 bits per heavy atom. The number of rotatable bonds is 1. The van der Waals surface area contributed by atoms with Crippen LogP contribution in [-0.2, 0) is 0 Å². The zero-order valence-electron chi connectivity index (χ0n) is 8.83. The van der Waals surface area contributed by atoms with Crippen LogP contribution in [0.25, 0.3) is 0 Å². The van der Waals surface area contributed by atoms with Gasteiger partial charge in [-0.3, -0.25) is 9.78 Å². The lowest BCUT2D eigenvalue weighted by Gasteiger charge is -2.30. The van der Waals surface area contributed by atoms with E-state index in [-0.39, 0.29) is 11.7 Å². The molecule has 1 aliphatic heterocycles. The van der Waals surface area contributed by atoms with Gasteiger partial charge in [-0.25, -0.2) is 0 Å². The number of β-amino-alcohol motifs (C(OH)–C–C–N with tert-alkyl or cyclic N) is 1. The second kappa shape index (κ2) is 4.49. The van der Waals surface area contributed by atoms with Crippen molar-refractivity contribution in [3.63, 3.8) is 0 Å². The summed E-state index contributed by atoms with van der Waals surface area (Å²) in [6, 6.07) is 1.39. The fourth-order valence-electron chi connectivity index (χ4n) is 1.87. The molecule has 86 valence electrons. The fourth-order valence-corrected chi connectivity index (χ4v) is 1.87. The third-order valence-electron chi connectivity index (χ3n) is 2.65. The molecule has 16 heavy (non-hydrogen) atoms. The molecular formula is C11H14N2O3. The van der Waals surface area contributed by atoms with Crippen LogP contribution >= 0.6 is 0 Å². The fraction of sp³-hybridized carbons (Fsp3) is 0.455. The number of aromatic nitrogens is 1. The SMILES string of the molecule is O=C(c1cncc(O)c1)N1CCCC(O)C1. The molecule has 1 atom stereocenters. The van der Waals surface area contributed by atoms with Gasteiger partial charge in [0.25, 0.3) is 5.91 Å². The van der Waals surface area contributed by atoms with E-state index in [1.54, 1.807) is 4.90 Å². The average molecular weight is 222 g/mol. The Labute approximate surface area is 93.3 Å². The summed E-state index contributed by atoms with van der Waals surface area (Å²) in [5.74, 6) is -0.217. The largest absolute Gasteiger partial charge is 0.506 e. The van der Waals surface area contributed by atoms with Gasteiger partial charge in [0.2, 0.25) is 0 Å². The molecule has 0 bridgehead atoms. The molecule has 5 heteroatoms. The van der Waals surface area contributed by atoms with Crippen molar-refractivity contribution in [1.29, 1.82) is 0 Å². The van der Waals surface area contributed by atoms with Gasteiger partial charge >= 0.3 is 0 Å². The molecule has 2 rings (SSSR count). The van der Waals surface area contributed by atoms with Gasteiger partial charge in [0.15, 0.2) is 0 Å². The number of aliphatic hydroxyl groups excluding tert-OH is 1. The second-order valence-corrected chi connectivity index (χ2v) is 3.98. The number of aliphatic hydroxyl groups is 1. The van der Waals surface area contributed by atoms with E-state index in [2.05, 4.69) is 4.98 Å². The van der Waals surface area contributed by atoms with Gasteiger partial charge < -0.3 is 15.1 Å². The van der Waals surface area contributed by atoms with Crippen molar-refractivity contribution >= 4 is 5.91 Å². The van der Waals surface area contributed by atoms with Crippen LogP contribution in [0, 0.1) is 0 Å². The van der Waals surface area contributed by atoms with E-state index < -0.39 is 6.10 Å². The van der Waals surface area contributed by atoms with Crippen LogP contribution in [0.3, 0.4) is 0 Å². The Kier molecular flexibility index (Phi) is 3.05. The van der Waals surface area contributed by atoms with Crippen LogP contribution in [-0.4, -0.2) is 45.2 Å². The third-order valence-corrected chi connectivity index (χ3v) is 2.65. The maximum Gasteiger partial charge on any atom is 0.255 e. The van der Waals surface area contributed by atoms with Gasteiger partial charge in [0, 0.05) is 19.3 Å². The highest BCUT2D eigenvalue weighted by atomic mass is 16.3. The van der Waals surface area contributed by atoms with E-state index >= 15 is 0 Å². The maximum atomic E-state index is 12.0. The van der Waals surface area contributed by atoms with Gasteiger partial charge in [-0.2, -0.15) is 0 Å². The number of likely N-dealkylation sites (tertiary alicyclic amines) is 1. The van der Waals surface area contributed by atoms with Crippen molar-refractivity contribution < 1.29 is 15.0 Å². The van der Waals surface area contributed by atoms with Crippen LogP contribution in [0.15, 0.2) is 18.5 Å².